The number of hydrogen-bond acceptors (Lipinski definition) is 5. The molecule has 1 atom stereocenters. The molecule has 1 rings (SSSR count). The van der Waals surface area contributed by atoms with Crippen LogP contribution in [0.5, 0.6) is 0 Å². The summed E-state index contributed by atoms with van der Waals surface area (Å²) in [6.45, 7) is 2.53. The first kappa shape index (κ1) is 14.3. The van der Waals surface area contributed by atoms with Crippen molar-refractivity contribution >= 4 is 28.7 Å². The van der Waals surface area contributed by atoms with Gasteiger partial charge in [0.1, 0.15) is 0 Å². The number of alkyl carbamates (subject to hydrolysis) is 1. The lowest BCUT2D eigenvalue weighted by atomic mass is 10.3. The molecule has 7 heteroatoms. The van der Waals surface area contributed by atoms with Gasteiger partial charge in [0.25, 0.3) is 0 Å². The smallest absolute Gasteiger partial charge is 0.410 e. The summed E-state index contributed by atoms with van der Waals surface area (Å²) in [5.41, 5.74) is 0. The highest BCUT2D eigenvalue weighted by atomic mass is 27.1. The van der Waals surface area contributed by atoms with Crippen LogP contribution in [-0.4, -0.2) is 54.5 Å². The molecule has 0 spiro atoms. The quantitative estimate of drug-likeness (QED) is 0.498. The Morgan fingerprint density at radius 3 is 2.65 bits per heavy atom. The Labute approximate surface area is 109 Å². The van der Waals surface area contributed by atoms with Gasteiger partial charge in [-0.3, -0.25) is 0 Å². The molecule has 1 unspecified atom stereocenters. The molecular formula is C10H18AlNO5. The lowest BCUT2D eigenvalue weighted by Gasteiger charge is -2.16. The van der Waals surface area contributed by atoms with Crippen molar-refractivity contribution in [2.45, 2.75) is 25.8 Å². The van der Waals surface area contributed by atoms with Crippen LogP contribution in [0.15, 0.2) is 0 Å². The van der Waals surface area contributed by atoms with E-state index in [1.165, 1.54) is 0 Å². The van der Waals surface area contributed by atoms with E-state index in [0.29, 0.717) is 29.1 Å². The van der Waals surface area contributed by atoms with Crippen LogP contribution in [0.4, 0.5) is 4.79 Å². The summed E-state index contributed by atoms with van der Waals surface area (Å²) in [5, 5.41) is 2.45. The summed E-state index contributed by atoms with van der Waals surface area (Å²) >= 11 is 0.497. The second-order valence-corrected chi connectivity index (χ2v) is 4.52. The van der Waals surface area contributed by atoms with Gasteiger partial charge < -0.3 is 18.6 Å². The number of esters is 1. The number of carbonyl (C=O) groups excluding carboxylic acids is 2. The highest BCUT2D eigenvalue weighted by molar-refractivity contribution is 5.98. The van der Waals surface area contributed by atoms with Crippen LogP contribution in [0.2, 0.25) is 0 Å². The van der Waals surface area contributed by atoms with E-state index in [0.717, 1.165) is 12.8 Å². The SMILES string of the molecule is CCOC(=O)C(C[O][AlH2])NC(=O)OCC1CC1. The minimum Gasteiger partial charge on any atom is -0.504 e. The summed E-state index contributed by atoms with van der Waals surface area (Å²) in [5.74, 6) is 0.00310. The molecule has 1 aliphatic carbocycles. The molecule has 1 saturated carbocycles. The first-order valence-electron chi connectivity index (χ1n) is 5.76. The van der Waals surface area contributed by atoms with Gasteiger partial charge in [0.2, 0.25) is 0 Å². The summed E-state index contributed by atoms with van der Waals surface area (Å²) < 4.78 is 14.8. The van der Waals surface area contributed by atoms with E-state index < -0.39 is 18.1 Å². The number of hydrogen-bond donors (Lipinski definition) is 1. The van der Waals surface area contributed by atoms with E-state index in [9.17, 15) is 9.59 Å². The lowest BCUT2D eigenvalue weighted by molar-refractivity contribution is -0.146. The Morgan fingerprint density at radius 1 is 1.41 bits per heavy atom. The normalized spacial score (nSPS) is 16.1. The third-order valence-electron chi connectivity index (χ3n) is 2.34. The largest absolute Gasteiger partial charge is 0.504 e. The van der Waals surface area contributed by atoms with Gasteiger partial charge in [0, 0.05) is 6.61 Å². The van der Waals surface area contributed by atoms with Gasteiger partial charge in [-0.05, 0) is 25.7 Å². The lowest BCUT2D eigenvalue weighted by Crippen LogP contribution is -2.45. The third-order valence-corrected chi connectivity index (χ3v) is 2.68. The van der Waals surface area contributed by atoms with Crippen LogP contribution in [-0.2, 0) is 18.1 Å². The minimum absolute atomic E-state index is 0.129. The maximum absolute atomic E-state index is 11.5. The van der Waals surface area contributed by atoms with E-state index in [2.05, 4.69) is 5.32 Å². The fourth-order valence-corrected chi connectivity index (χ4v) is 1.57. The van der Waals surface area contributed by atoms with E-state index in [4.69, 9.17) is 13.3 Å². The number of rotatable bonds is 7. The molecule has 0 aromatic rings. The zero-order chi connectivity index (χ0) is 12.7. The van der Waals surface area contributed by atoms with E-state index in [-0.39, 0.29) is 13.2 Å². The summed E-state index contributed by atoms with van der Waals surface area (Å²) in [6, 6.07) is -0.779. The Balaban J connectivity index is 2.29. The Bertz CT molecular complexity index is 269. The molecule has 0 radical (unpaired) electrons. The van der Waals surface area contributed by atoms with Crippen molar-refractivity contribution < 1.29 is 22.9 Å². The maximum atomic E-state index is 11.5. The molecule has 17 heavy (non-hydrogen) atoms. The first-order chi connectivity index (χ1) is 8.17. The molecule has 1 N–H and O–H groups in total. The van der Waals surface area contributed by atoms with Crippen molar-refractivity contribution in [1.82, 2.24) is 5.32 Å². The van der Waals surface area contributed by atoms with Gasteiger partial charge in [-0.1, -0.05) is 0 Å². The van der Waals surface area contributed by atoms with E-state index >= 15 is 0 Å². The first-order valence-corrected chi connectivity index (χ1v) is 6.57. The van der Waals surface area contributed by atoms with Crippen molar-refractivity contribution in [3.63, 3.8) is 0 Å². The van der Waals surface area contributed by atoms with Crippen molar-refractivity contribution in [3.05, 3.63) is 0 Å². The molecular weight excluding hydrogens is 241 g/mol. The predicted molar refractivity (Wildman–Crippen MR) is 62.1 cm³/mol. The molecule has 0 aliphatic heterocycles. The van der Waals surface area contributed by atoms with Crippen LogP contribution in [0.25, 0.3) is 0 Å². The average molecular weight is 259 g/mol. The van der Waals surface area contributed by atoms with Gasteiger partial charge >= 0.3 is 28.7 Å². The van der Waals surface area contributed by atoms with Crippen molar-refractivity contribution in [1.29, 1.82) is 0 Å². The average Bonchev–Trinajstić information content (AvgIpc) is 3.10. The Hall–Kier alpha value is -0.768. The molecule has 96 valence electrons. The minimum atomic E-state index is -0.779. The van der Waals surface area contributed by atoms with E-state index in [1.807, 2.05) is 0 Å². The summed E-state index contributed by atoms with van der Waals surface area (Å²) in [6.07, 6.45) is 1.63. The number of amides is 1. The standard InChI is InChI=1S/C10H16NO5.Al.2H/c1-2-15-9(13)8(5-12)11-10(14)16-6-7-3-4-7;;;/h7-8H,2-6H2,1H3,(H,11,14);;;/q-1;+1;;. The van der Waals surface area contributed by atoms with Gasteiger partial charge in [0.15, 0.2) is 6.04 Å². The maximum Gasteiger partial charge on any atom is 0.410 e. The van der Waals surface area contributed by atoms with Gasteiger partial charge in [-0.15, -0.1) is 0 Å². The van der Waals surface area contributed by atoms with E-state index in [1.54, 1.807) is 6.92 Å². The highest BCUT2D eigenvalue weighted by Gasteiger charge is 2.25. The van der Waals surface area contributed by atoms with Crippen LogP contribution in [0, 0.1) is 5.92 Å². The van der Waals surface area contributed by atoms with Crippen LogP contribution < -0.4 is 5.32 Å². The van der Waals surface area contributed by atoms with Crippen LogP contribution >= 0.6 is 0 Å². The molecule has 0 aromatic heterocycles. The van der Waals surface area contributed by atoms with Crippen molar-refractivity contribution in [3.8, 4) is 0 Å². The molecule has 0 bridgehead atoms. The van der Waals surface area contributed by atoms with Crippen molar-refractivity contribution in [2.24, 2.45) is 5.92 Å². The molecule has 1 amide bonds. The summed E-state index contributed by atoms with van der Waals surface area (Å²) in [7, 11) is 0. The predicted octanol–water partition coefficient (Wildman–Crippen LogP) is -0.381. The second kappa shape index (κ2) is 7.54. The molecule has 0 aromatic carbocycles. The summed E-state index contributed by atoms with van der Waals surface area (Å²) in [4.78, 5) is 22.8. The third kappa shape index (κ3) is 5.92. The number of carbonyl (C=O) groups is 2. The highest BCUT2D eigenvalue weighted by Crippen LogP contribution is 2.28. The van der Waals surface area contributed by atoms with Gasteiger partial charge in [-0.25, -0.2) is 9.59 Å². The molecule has 0 saturated heterocycles. The Kier molecular flexibility index (Phi) is 6.34. The fourth-order valence-electron chi connectivity index (χ4n) is 1.24. The van der Waals surface area contributed by atoms with Gasteiger partial charge in [-0.2, -0.15) is 0 Å². The number of nitrogens with one attached hydrogen (secondary N) is 1. The molecule has 6 nitrogen and oxygen atoms in total. The fraction of sp³-hybridized carbons (Fsp3) is 0.800. The van der Waals surface area contributed by atoms with Crippen LogP contribution in [0.1, 0.15) is 19.8 Å². The monoisotopic (exact) mass is 259 g/mol. The van der Waals surface area contributed by atoms with Crippen molar-refractivity contribution in [2.75, 3.05) is 19.8 Å². The topological polar surface area (TPSA) is 73.9 Å². The number of ether oxygens (including phenoxy) is 2. The van der Waals surface area contributed by atoms with Gasteiger partial charge in [0.05, 0.1) is 13.2 Å². The molecule has 1 aliphatic rings. The molecule has 0 heterocycles. The zero-order valence-electron chi connectivity index (χ0n) is 10.2. The van der Waals surface area contributed by atoms with Crippen LogP contribution in [0.3, 0.4) is 0 Å². The second-order valence-electron chi connectivity index (χ2n) is 3.95. The molecule has 1 fully saturated rings. The zero-order valence-corrected chi connectivity index (χ0v) is 12.2. The Morgan fingerprint density at radius 2 is 2.12 bits per heavy atom.